The smallest absolute Gasteiger partial charge is 0.320 e. The maximum Gasteiger partial charge on any atom is 0.320 e. The maximum atomic E-state index is 12.6. The SMILES string of the molecule is NC(CCc1cncc(F)c1)C(=O)O. The number of rotatable bonds is 4. The van der Waals surface area contributed by atoms with Crippen LogP contribution in [0, 0.1) is 5.82 Å². The molecule has 14 heavy (non-hydrogen) atoms. The van der Waals surface area contributed by atoms with Crippen LogP contribution >= 0.6 is 0 Å². The van der Waals surface area contributed by atoms with Crippen LogP contribution in [0.15, 0.2) is 18.5 Å². The third-order valence-electron chi connectivity index (χ3n) is 1.82. The zero-order valence-electron chi connectivity index (χ0n) is 7.48. The number of aromatic nitrogens is 1. The molecule has 0 aliphatic carbocycles. The molecule has 0 saturated carbocycles. The predicted molar refractivity (Wildman–Crippen MR) is 48.1 cm³/mol. The summed E-state index contributed by atoms with van der Waals surface area (Å²) < 4.78 is 12.6. The fourth-order valence-electron chi connectivity index (χ4n) is 1.04. The Hall–Kier alpha value is -1.49. The highest BCUT2D eigenvalue weighted by atomic mass is 19.1. The lowest BCUT2D eigenvalue weighted by Gasteiger charge is -2.05. The number of nitrogens with zero attached hydrogens (tertiary/aromatic N) is 1. The highest BCUT2D eigenvalue weighted by molar-refractivity contribution is 5.73. The minimum atomic E-state index is -1.05. The number of carbonyl (C=O) groups is 1. The first-order valence-electron chi connectivity index (χ1n) is 4.17. The van der Waals surface area contributed by atoms with Crippen LogP contribution in [0.1, 0.15) is 12.0 Å². The maximum absolute atomic E-state index is 12.6. The van der Waals surface area contributed by atoms with Gasteiger partial charge in [-0.05, 0) is 24.5 Å². The third-order valence-corrected chi connectivity index (χ3v) is 1.82. The highest BCUT2D eigenvalue weighted by Crippen LogP contribution is 2.05. The predicted octanol–water partition coefficient (Wildman–Crippen LogP) is 0.565. The van der Waals surface area contributed by atoms with Crippen molar-refractivity contribution in [2.24, 2.45) is 5.73 Å². The van der Waals surface area contributed by atoms with Gasteiger partial charge in [0.1, 0.15) is 11.9 Å². The van der Waals surface area contributed by atoms with Crippen molar-refractivity contribution in [1.29, 1.82) is 0 Å². The fourth-order valence-corrected chi connectivity index (χ4v) is 1.04. The van der Waals surface area contributed by atoms with Crippen LogP contribution in [0.2, 0.25) is 0 Å². The minimum Gasteiger partial charge on any atom is -0.480 e. The van der Waals surface area contributed by atoms with Gasteiger partial charge in [-0.25, -0.2) is 4.39 Å². The Bertz CT molecular complexity index is 330. The Labute approximate surface area is 80.6 Å². The lowest BCUT2D eigenvalue weighted by Crippen LogP contribution is -2.30. The number of nitrogens with two attached hydrogens (primary N) is 1. The van der Waals surface area contributed by atoms with Crippen molar-refractivity contribution < 1.29 is 14.3 Å². The van der Waals surface area contributed by atoms with Gasteiger partial charge in [0.05, 0.1) is 6.20 Å². The summed E-state index contributed by atoms with van der Waals surface area (Å²) in [6, 6.07) is 0.417. The summed E-state index contributed by atoms with van der Waals surface area (Å²) in [6.07, 6.45) is 3.29. The molecule has 0 fully saturated rings. The van der Waals surface area contributed by atoms with Gasteiger partial charge in [0.15, 0.2) is 0 Å². The van der Waals surface area contributed by atoms with Gasteiger partial charge in [-0.3, -0.25) is 9.78 Å². The topological polar surface area (TPSA) is 76.2 Å². The van der Waals surface area contributed by atoms with Gasteiger partial charge in [0, 0.05) is 6.20 Å². The van der Waals surface area contributed by atoms with Gasteiger partial charge in [0.2, 0.25) is 0 Å². The van der Waals surface area contributed by atoms with Crippen LogP contribution in [0.4, 0.5) is 4.39 Å². The van der Waals surface area contributed by atoms with E-state index in [0.29, 0.717) is 12.0 Å². The van der Waals surface area contributed by atoms with Crippen LogP contribution < -0.4 is 5.73 Å². The Balaban J connectivity index is 2.49. The molecule has 0 bridgehead atoms. The van der Waals surface area contributed by atoms with Crippen LogP contribution in [0.25, 0.3) is 0 Å². The van der Waals surface area contributed by atoms with E-state index in [4.69, 9.17) is 10.8 Å². The monoisotopic (exact) mass is 198 g/mol. The molecule has 1 aromatic rings. The van der Waals surface area contributed by atoms with E-state index < -0.39 is 17.8 Å². The summed E-state index contributed by atoms with van der Waals surface area (Å²) in [4.78, 5) is 14.0. The number of hydrogen-bond donors (Lipinski definition) is 2. The van der Waals surface area contributed by atoms with E-state index >= 15 is 0 Å². The normalized spacial score (nSPS) is 12.4. The van der Waals surface area contributed by atoms with Crippen molar-refractivity contribution in [3.63, 3.8) is 0 Å². The summed E-state index contributed by atoms with van der Waals surface area (Å²) in [6.45, 7) is 0. The van der Waals surface area contributed by atoms with E-state index in [0.717, 1.165) is 6.20 Å². The first kappa shape index (κ1) is 10.6. The van der Waals surface area contributed by atoms with E-state index in [1.807, 2.05) is 0 Å². The molecule has 0 radical (unpaired) electrons. The molecular formula is C9H11FN2O2. The number of carboxylic acids is 1. The van der Waals surface area contributed by atoms with Crippen LogP contribution in [0.5, 0.6) is 0 Å². The Morgan fingerprint density at radius 3 is 2.93 bits per heavy atom. The lowest BCUT2D eigenvalue weighted by molar-refractivity contribution is -0.138. The van der Waals surface area contributed by atoms with Gasteiger partial charge in [-0.2, -0.15) is 0 Å². The van der Waals surface area contributed by atoms with Crippen molar-refractivity contribution in [3.8, 4) is 0 Å². The first-order chi connectivity index (χ1) is 6.59. The van der Waals surface area contributed by atoms with Crippen molar-refractivity contribution in [3.05, 3.63) is 29.8 Å². The highest BCUT2D eigenvalue weighted by Gasteiger charge is 2.10. The van der Waals surface area contributed by atoms with Crippen molar-refractivity contribution in [1.82, 2.24) is 4.98 Å². The van der Waals surface area contributed by atoms with Crippen molar-refractivity contribution >= 4 is 5.97 Å². The molecule has 1 rings (SSSR count). The molecule has 0 aliphatic rings. The molecule has 76 valence electrons. The van der Waals surface area contributed by atoms with E-state index in [-0.39, 0.29) is 6.42 Å². The quantitative estimate of drug-likeness (QED) is 0.741. The van der Waals surface area contributed by atoms with Gasteiger partial charge in [-0.15, -0.1) is 0 Å². The molecular weight excluding hydrogens is 187 g/mol. The van der Waals surface area contributed by atoms with Crippen molar-refractivity contribution in [2.75, 3.05) is 0 Å². The molecule has 0 amide bonds. The largest absolute Gasteiger partial charge is 0.480 e. The summed E-state index contributed by atoms with van der Waals surface area (Å²) in [5.41, 5.74) is 5.94. The average molecular weight is 198 g/mol. The van der Waals surface area contributed by atoms with Crippen LogP contribution in [0.3, 0.4) is 0 Å². The summed E-state index contributed by atoms with van der Waals surface area (Å²) in [5, 5.41) is 8.50. The zero-order valence-corrected chi connectivity index (χ0v) is 7.48. The number of aliphatic carboxylic acids is 1. The van der Waals surface area contributed by atoms with Gasteiger partial charge < -0.3 is 10.8 Å². The molecule has 0 aromatic carbocycles. The fraction of sp³-hybridized carbons (Fsp3) is 0.333. The Kier molecular flexibility index (Phi) is 3.53. The van der Waals surface area contributed by atoms with Gasteiger partial charge in [-0.1, -0.05) is 0 Å². The van der Waals surface area contributed by atoms with Crippen LogP contribution in [-0.2, 0) is 11.2 Å². The molecule has 0 spiro atoms. The molecule has 1 aromatic heterocycles. The summed E-state index contributed by atoms with van der Waals surface area (Å²) >= 11 is 0. The first-order valence-corrected chi connectivity index (χ1v) is 4.17. The summed E-state index contributed by atoms with van der Waals surface area (Å²) in [7, 11) is 0. The van der Waals surface area contributed by atoms with Crippen molar-refractivity contribution in [2.45, 2.75) is 18.9 Å². The Morgan fingerprint density at radius 1 is 1.64 bits per heavy atom. The molecule has 3 N–H and O–H groups in total. The minimum absolute atomic E-state index is 0.278. The number of carboxylic acid groups (broad SMARTS) is 1. The van der Waals surface area contributed by atoms with E-state index in [1.165, 1.54) is 12.3 Å². The number of halogens is 1. The zero-order chi connectivity index (χ0) is 10.6. The third kappa shape index (κ3) is 3.10. The second-order valence-corrected chi connectivity index (χ2v) is 2.99. The molecule has 5 heteroatoms. The van der Waals surface area contributed by atoms with E-state index in [2.05, 4.69) is 4.98 Å². The molecule has 4 nitrogen and oxygen atoms in total. The summed E-state index contributed by atoms with van der Waals surface area (Å²) in [5.74, 6) is -1.47. The number of pyridine rings is 1. The molecule has 1 heterocycles. The molecule has 0 saturated heterocycles. The second kappa shape index (κ2) is 4.66. The molecule has 1 atom stereocenters. The standard InChI is InChI=1S/C9H11FN2O2/c10-7-3-6(4-12-5-7)1-2-8(11)9(13)14/h3-5,8H,1-2,11H2,(H,13,14). The van der Waals surface area contributed by atoms with Gasteiger partial charge in [0.25, 0.3) is 0 Å². The Morgan fingerprint density at radius 2 is 2.36 bits per heavy atom. The lowest BCUT2D eigenvalue weighted by atomic mass is 10.1. The van der Waals surface area contributed by atoms with Gasteiger partial charge >= 0.3 is 5.97 Å². The van der Waals surface area contributed by atoms with Crippen LogP contribution in [-0.4, -0.2) is 22.1 Å². The second-order valence-electron chi connectivity index (χ2n) is 2.99. The van der Waals surface area contributed by atoms with E-state index in [1.54, 1.807) is 0 Å². The molecule has 1 unspecified atom stereocenters. The molecule has 0 aliphatic heterocycles. The van der Waals surface area contributed by atoms with E-state index in [9.17, 15) is 9.18 Å². The number of hydrogen-bond acceptors (Lipinski definition) is 3. The average Bonchev–Trinajstić information content (AvgIpc) is 2.14. The number of aryl methyl sites for hydroxylation is 1.